The fourth-order valence-electron chi connectivity index (χ4n) is 1.26. The monoisotopic (exact) mass is 300 g/mol. The van der Waals surface area contributed by atoms with E-state index in [2.05, 4.69) is 20.9 Å². The second-order valence-electron chi connectivity index (χ2n) is 3.30. The van der Waals surface area contributed by atoms with Gasteiger partial charge in [0.15, 0.2) is 0 Å². The fourth-order valence-corrected chi connectivity index (χ4v) is 1.79. The van der Waals surface area contributed by atoms with Crippen molar-refractivity contribution in [3.05, 3.63) is 45.9 Å². The Morgan fingerprint density at radius 1 is 1.50 bits per heavy atom. The number of halogens is 2. The number of hydrogen-bond acceptors (Lipinski definition) is 2. The summed E-state index contributed by atoms with van der Waals surface area (Å²) in [6.07, 6.45) is 1.61. The first-order valence-corrected chi connectivity index (χ1v) is 5.88. The number of nitrogens with zero attached hydrogens (tertiary/aromatic N) is 2. The van der Waals surface area contributed by atoms with E-state index in [1.165, 1.54) is 0 Å². The van der Waals surface area contributed by atoms with Gasteiger partial charge >= 0.3 is 0 Å². The summed E-state index contributed by atoms with van der Waals surface area (Å²) in [6, 6.07) is 7.68. The molecule has 2 aromatic rings. The molecule has 0 radical (unpaired) electrons. The summed E-state index contributed by atoms with van der Waals surface area (Å²) in [5.41, 5.74) is 0. The van der Waals surface area contributed by atoms with E-state index in [-0.39, 0.29) is 0 Å². The van der Waals surface area contributed by atoms with Gasteiger partial charge in [0.1, 0.15) is 23.3 Å². The predicted octanol–water partition coefficient (Wildman–Crippen LogP) is 3.42. The van der Waals surface area contributed by atoms with Crippen molar-refractivity contribution in [3.8, 4) is 5.75 Å². The molecule has 0 saturated heterocycles. The first kappa shape index (κ1) is 11.5. The molecule has 1 aromatic heterocycles. The molecule has 84 valence electrons. The summed E-state index contributed by atoms with van der Waals surface area (Å²) in [5, 5.41) is 0.604. The third-order valence-electron chi connectivity index (χ3n) is 2.19. The minimum atomic E-state index is 0.402. The summed E-state index contributed by atoms with van der Waals surface area (Å²) in [6.45, 7) is 0.402. The molecule has 0 aliphatic rings. The van der Waals surface area contributed by atoms with Crippen LogP contribution in [-0.4, -0.2) is 9.55 Å². The van der Waals surface area contributed by atoms with Crippen LogP contribution in [0.3, 0.4) is 0 Å². The van der Waals surface area contributed by atoms with Crippen LogP contribution < -0.4 is 4.74 Å². The normalized spacial score (nSPS) is 10.4. The highest BCUT2D eigenvalue weighted by atomic mass is 79.9. The molecule has 0 bridgehead atoms. The van der Waals surface area contributed by atoms with Crippen molar-refractivity contribution in [2.45, 2.75) is 6.61 Å². The molecule has 0 fully saturated rings. The van der Waals surface area contributed by atoms with E-state index in [0.29, 0.717) is 11.8 Å². The Balaban J connectivity index is 2.05. The summed E-state index contributed by atoms with van der Waals surface area (Å²) in [4.78, 5) is 4.15. The molecule has 16 heavy (non-hydrogen) atoms. The topological polar surface area (TPSA) is 27.1 Å². The van der Waals surface area contributed by atoms with E-state index in [1.54, 1.807) is 10.8 Å². The zero-order chi connectivity index (χ0) is 11.5. The Morgan fingerprint density at radius 2 is 2.31 bits per heavy atom. The Labute approximate surface area is 107 Å². The van der Waals surface area contributed by atoms with Crippen LogP contribution >= 0.6 is 27.5 Å². The first-order chi connectivity index (χ1) is 7.66. The van der Waals surface area contributed by atoms with Crippen LogP contribution in [0.4, 0.5) is 0 Å². The molecule has 3 nitrogen and oxygen atoms in total. The molecule has 0 aliphatic heterocycles. The highest BCUT2D eigenvalue weighted by molar-refractivity contribution is 9.10. The van der Waals surface area contributed by atoms with Gasteiger partial charge in [0.2, 0.25) is 0 Å². The largest absolute Gasteiger partial charge is 0.486 e. The number of ether oxygens (including phenoxy) is 1. The second-order valence-corrected chi connectivity index (χ2v) is 4.61. The van der Waals surface area contributed by atoms with Gasteiger partial charge in [-0.3, -0.25) is 0 Å². The van der Waals surface area contributed by atoms with Gasteiger partial charge in [0, 0.05) is 11.5 Å². The molecule has 0 aliphatic carbocycles. The molecular weight excluding hydrogens is 291 g/mol. The minimum Gasteiger partial charge on any atom is -0.486 e. The molecule has 0 N–H and O–H groups in total. The van der Waals surface area contributed by atoms with Crippen molar-refractivity contribution in [1.82, 2.24) is 9.55 Å². The van der Waals surface area contributed by atoms with E-state index in [1.807, 2.05) is 31.3 Å². The summed E-state index contributed by atoms with van der Waals surface area (Å²) >= 11 is 9.26. The lowest BCUT2D eigenvalue weighted by Gasteiger charge is -2.06. The summed E-state index contributed by atoms with van der Waals surface area (Å²) in [7, 11) is 1.86. The molecule has 0 unspecified atom stereocenters. The lowest BCUT2D eigenvalue weighted by atomic mass is 10.3. The van der Waals surface area contributed by atoms with Crippen LogP contribution in [0.1, 0.15) is 5.82 Å². The zero-order valence-electron chi connectivity index (χ0n) is 8.65. The van der Waals surface area contributed by atoms with Crippen LogP contribution in [0.2, 0.25) is 5.15 Å². The smallest absolute Gasteiger partial charge is 0.147 e. The van der Waals surface area contributed by atoms with Gasteiger partial charge in [-0.2, -0.15) is 0 Å². The van der Waals surface area contributed by atoms with Gasteiger partial charge in [0.25, 0.3) is 0 Å². The predicted molar refractivity (Wildman–Crippen MR) is 66.7 cm³/mol. The lowest BCUT2D eigenvalue weighted by molar-refractivity contribution is 0.291. The summed E-state index contributed by atoms with van der Waals surface area (Å²) in [5.74, 6) is 1.60. The zero-order valence-corrected chi connectivity index (χ0v) is 11.0. The molecule has 5 heteroatoms. The molecule has 0 atom stereocenters. The van der Waals surface area contributed by atoms with Crippen LogP contribution in [0.25, 0.3) is 0 Å². The Kier molecular flexibility index (Phi) is 3.51. The quantitative estimate of drug-likeness (QED) is 0.868. The number of rotatable bonds is 3. The van der Waals surface area contributed by atoms with Crippen LogP contribution in [-0.2, 0) is 13.7 Å². The third kappa shape index (κ3) is 2.57. The van der Waals surface area contributed by atoms with Gasteiger partial charge < -0.3 is 9.30 Å². The molecule has 0 saturated carbocycles. The fraction of sp³-hybridized carbons (Fsp3) is 0.182. The average Bonchev–Trinajstić information content (AvgIpc) is 2.57. The van der Waals surface area contributed by atoms with E-state index in [4.69, 9.17) is 16.3 Å². The van der Waals surface area contributed by atoms with Gasteiger partial charge in [-0.25, -0.2) is 4.98 Å². The maximum atomic E-state index is 5.87. The molecule has 1 aromatic carbocycles. The van der Waals surface area contributed by atoms with Gasteiger partial charge in [-0.1, -0.05) is 33.6 Å². The molecule has 2 rings (SSSR count). The van der Waals surface area contributed by atoms with Crippen molar-refractivity contribution in [3.63, 3.8) is 0 Å². The first-order valence-electron chi connectivity index (χ1n) is 4.71. The highest BCUT2D eigenvalue weighted by Crippen LogP contribution is 2.19. The molecule has 1 heterocycles. The van der Waals surface area contributed by atoms with E-state index >= 15 is 0 Å². The summed E-state index contributed by atoms with van der Waals surface area (Å²) < 4.78 is 8.38. The Hall–Kier alpha value is -1.000. The number of benzene rings is 1. The average molecular weight is 302 g/mol. The van der Waals surface area contributed by atoms with Crippen molar-refractivity contribution < 1.29 is 4.74 Å². The highest BCUT2D eigenvalue weighted by Gasteiger charge is 2.04. The van der Waals surface area contributed by atoms with Crippen LogP contribution in [0.15, 0.2) is 34.9 Å². The van der Waals surface area contributed by atoms with E-state index in [9.17, 15) is 0 Å². The Bertz CT molecular complexity index is 498. The van der Waals surface area contributed by atoms with Gasteiger partial charge in [-0.05, 0) is 18.2 Å². The van der Waals surface area contributed by atoms with Gasteiger partial charge in [0.05, 0.1) is 6.20 Å². The lowest BCUT2D eigenvalue weighted by Crippen LogP contribution is -2.03. The van der Waals surface area contributed by atoms with Crippen molar-refractivity contribution in [2.75, 3.05) is 0 Å². The maximum absolute atomic E-state index is 5.87. The SMILES string of the molecule is Cn1c(Cl)cnc1COc1cccc(Br)c1. The van der Waals surface area contributed by atoms with E-state index in [0.717, 1.165) is 16.0 Å². The van der Waals surface area contributed by atoms with Crippen molar-refractivity contribution >= 4 is 27.5 Å². The molecular formula is C11H10BrClN2O. The van der Waals surface area contributed by atoms with E-state index < -0.39 is 0 Å². The standard InChI is InChI=1S/C11H10BrClN2O/c1-15-10(13)6-14-11(15)7-16-9-4-2-3-8(12)5-9/h2-6H,7H2,1H3. The molecule has 0 spiro atoms. The van der Waals surface area contributed by atoms with Crippen molar-refractivity contribution in [2.24, 2.45) is 7.05 Å². The van der Waals surface area contributed by atoms with Crippen LogP contribution in [0, 0.1) is 0 Å². The third-order valence-corrected chi connectivity index (χ3v) is 3.04. The number of aromatic nitrogens is 2. The number of imidazole rings is 1. The van der Waals surface area contributed by atoms with Crippen LogP contribution in [0.5, 0.6) is 5.75 Å². The Morgan fingerprint density at radius 3 is 2.94 bits per heavy atom. The molecule has 0 amide bonds. The maximum Gasteiger partial charge on any atom is 0.147 e. The second kappa shape index (κ2) is 4.89. The minimum absolute atomic E-state index is 0.402. The van der Waals surface area contributed by atoms with Crippen molar-refractivity contribution in [1.29, 1.82) is 0 Å². The number of hydrogen-bond donors (Lipinski definition) is 0. The van der Waals surface area contributed by atoms with Gasteiger partial charge in [-0.15, -0.1) is 0 Å².